The number of carbonyl (C=O) groups excluding carboxylic acids is 1. The molecule has 0 heterocycles. The summed E-state index contributed by atoms with van der Waals surface area (Å²) in [5.41, 5.74) is -0.139. The van der Waals surface area contributed by atoms with Gasteiger partial charge < -0.3 is 10.4 Å². The van der Waals surface area contributed by atoms with Crippen LogP contribution in [0.4, 0.5) is 14.5 Å². The minimum absolute atomic E-state index is 0.139. The number of amides is 1. The van der Waals surface area contributed by atoms with Crippen LogP contribution < -0.4 is 5.32 Å². The normalized spacial score (nSPS) is 12.2. The first-order valence-corrected chi connectivity index (χ1v) is 6.57. The monoisotopic (exact) mass is 300 g/mol. The summed E-state index contributed by atoms with van der Waals surface area (Å²) in [6.45, 7) is 3.54. The Morgan fingerprint density at radius 1 is 1.38 bits per heavy atom. The van der Waals surface area contributed by atoms with E-state index in [1.54, 1.807) is 0 Å². The molecular formula is C14H18F2N2O3. The van der Waals surface area contributed by atoms with Gasteiger partial charge in [0.25, 0.3) is 0 Å². The van der Waals surface area contributed by atoms with Crippen molar-refractivity contribution in [2.24, 2.45) is 0 Å². The van der Waals surface area contributed by atoms with Gasteiger partial charge in [-0.05, 0) is 32.0 Å². The zero-order valence-electron chi connectivity index (χ0n) is 11.9. The molecular weight excluding hydrogens is 282 g/mol. The Hall–Kier alpha value is -2.02. The molecule has 0 saturated heterocycles. The van der Waals surface area contributed by atoms with Crippen molar-refractivity contribution in [1.82, 2.24) is 4.90 Å². The van der Waals surface area contributed by atoms with Crippen LogP contribution in [0.1, 0.15) is 20.3 Å². The van der Waals surface area contributed by atoms with Gasteiger partial charge in [-0.15, -0.1) is 0 Å². The lowest BCUT2D eigenvalue weighted by atomic mass is 10.2. The lowest BCUT2D eigenvalue weighted by Gasteiger charge is -2.26. The topological polar surface area (TPSA) is 69.6 Å². The first-order chi connectivity index (χ1) is 9.85. The van der Waals surface area contributed by atoms with Gasteiger partial charge in [-0.2, -0.15) is 0 Å². The number of carbonyl (C=O) groups is 2. The predicted molar refractivity (Wildman–Crippen MR) is 73.9 cm³/mol. The van der Waals surface area contributed by atoms with Crippen molar-refractivity contribution in [2.75, 3.05) is 18.4 Å². The summed E-state index contributed by atoms with van der Waals surface area (Å²) < 4.78 is 26.3. The fourth-order valence-electron chi connectivity index (χ4n) is 1.86. The average molecular weight is 300 g/mol. The lowest BCUT2D eigenvalue weighted by Crippen LogP contribution is -2.45. The third kappa shape index (κ3) is 5.11. The third-order valence-corrected chi connectivity index (χ3v) is 2.97. The van der Waals surface area contributed by atoms with E-state index in [9.17, 15) is 18.4 Å². The van der Waals surface area contributed by atoms with Gasteiger partial charge in [0.15, 0.2) is 0 Å². The molecule has 116 valence electrons. The molecule has 2 N–H and O–H groups in total. The minimum atomic E-state index is -1.05. The molecule has 7 heteroatoms. The molecule has 1 aromatic carbocycles. The molecule has 0 aromatic heterocycles. The van der Waals surface area contributed by atoms with E-state index in [0.29, 0.717) is 19.0 Å². The molecule has 1 amide bonds. The molecule has 0 fully saturated rings. The standard InChI is InChI=1S/C14H18F2N2O3/c1-3-6-18(8-13(19)20)9(2)14(21)17-12-5-4-10(15)7-11(12)16/h4-5,7,9H,3,6,8H2,1-2H3,(H,17,21)(H,19,20). The van der Waals surface area contributed by atoms with Crippen LogP contribution in [0.25, 0.3) is 0 Å². The second kappa shape index (κ2) is 7.68. The average Bonchev–Trinajstić information content (AvgIpc) is 2.40. The molecule has 0 aliphatic carbocycles. The molecule has 0 bridgehead atoms. The van der Waals surface area contributed by atoms with E-state index in [2.05, 4.69) is 5.32 Å². The summed E-state index contributed by atoms with van der Waals surface area (Å²) in [5, 5.41) is 11.2. The molecule has 0 aliphatic heterocycles. The summed E-state index contributed by atoms with van der Waals surface area (Å²) in [6, 6.07) is 2.08. The van der Waals surface area contributed by atoms with E-state index >= 15 is 0 Å². The third-order valence-electron chi connectivity index (χ3n) is 2.97. The molecule has 1 atom stereocenters. The number of carboxylic acid groups (broad SMARTS) is 1. The van der Waals surface area contributed by atoms with E-state index in [0.717, 1.165) is 12.1 Å². The largest absolute Gasteiger partial charge is 0.480 e. The van der Waals surface area contributed by atoms with Crippen molar-refractivity contribution < 1.29 is 23.5 Å². The number of carboxylic acids is 1. The van der Waals surface area contributed by atoms with Crippen LogP contribution in [-0.4, -0.2) is 41.0 Å². The molecule has 21 heavy (non-hydrogen) atoms. The van der Waals surface area contributed by atoms with Crippen LogP contribution >= 0.6 is 0 Å². The Balaban J connectivity index is 2.78. The zero-order valence-corrected chi connectivity index (χ0v) is 11.9. The van der Waals surface area contributed by atoms with E-state index in [-0.39, 0.29) is 12.2 Å². The van der Waals surface area contributed by atoms with Crippen LogP contribution in [0.15, 0.2) is 18.2 Å². The first-order valence-electron chi connectivity index (χ1n) is 6.57. The highest BCUT2D eigenvalue weighted by atomic mass is 19.1. The smallest absolute Gasteiger partial charge is 0.317 e. The lowest BCUT2D eigenvalue weighted by molar-refractivity contribution is -0.139. The van der Waals surface area contributed by atoms with Crippen molar-refractivity contribution in [3.8, 4) is 0 Å². The molecule has 0 radical (unpaired) electrons. The Kier molecular flexibility index (Phi) is 6.23. The van der Waals surface area contributed by atoms with Crippen molar-refractivity contribution in [1.29, 1.82) is 0 Å². The van der Waals surface area contributed by atoms with Gasteiger partial charge >= 0.3 is 5.97 Å². The predicted octanol–water partition coefficient (Wildman–Crippen LogP) is 2.09. The number of nitrogens with zero attached hydrogens (tertiary/aromatic N) is 1. The molecule has 0 aliphatic rings. The van der Waals surface area contributed by atoms with Gasteiger partial charge in [0, 0.05) is 6.07 Å². The Bertz CT molecular complexity index is 523. The number of hydrogen-bond acceptors (Lipinski definition) is 3. The van der Waals surface area contributed by atoms with E-state index < -0.39 is 29.6 Å². The zero-order chi connectivity index (χ0) is 16.0. The molecule has 1 unspecified atom stereocenters. The van der Waals surface area contributed by atoms with Crippen molar-refractivity contribution in [2.45, 2.75) is 26.3 Å². The molecule has 1 rings (SSSR count). The first kappa shape index (κ1) is 17.0. The maximum atomic E-state index is 13.5. The second-order valence-electron chi connectivity index (χ2n) is 4.65. The van der Waals surface area contributed by atoms with Crippen LogP contribution in [0, 0.1) is 11.6 Å². The maximum absolute atomic E-state index is 13.5. The van der Waals surface area contributed by atoms with Gasteiger partial charge in [0.1, 0.15) is 11.6 Å². The van der Waals surface area contributed by atoms with Gasteiger partial charge in [-0.1, -0.05) is 6.92 Å². The summed E-state index contributed by atoms with van der Waals surface area (Å²) in [6.07, 6.45) is 0.676. The van der Waals surface area contributed by atoms with Gasteiger partial charge in [0.2, 0.25) is 5.91 Å². The highest BCUT2D eigenvalue weighted by Gasteiger charge is 2.23. The SMILES string of the molecule is CCCN(CC(=O)O)C(C)C(=O)Nc1ccc(F)cc1F. The molecule has 5 nitrogen and oxygen atoms in total. The molecule has 1 aromatic rings. The summed E-state index contributed by atoms with van der Waals surface area (Å²) >= 11 is 0. The van der Waals surface area contributed by atoms with E-state index in [4.69, 9.17) is 5.11 Å². The van der Waals surface area contributed by atoms with Crippen LogP contribution in [-0.2, 0) is 9.59 Å². The summed E-state index contributed by atoms with van der Waals surface area (Å²) in [5.74, 6) is -3.21. The van der Waals surface area contributed by atoms with Crippen LogP contribution in [0.2, 0.25) is 0 Å². The number of rotatable bonds is 7. The number of nitrogens with one attached hydrogen (secondary N) is 1. The summed E-state index contributed by atoms with van der Waals surface area (Å²) in [4.78, 5) is 24.3. The van der Waals surface area contributed by atoms with Crippen LogP contribution in [0.5, 0.6) is 0 Å². The van der Waals surface area contributed by atoms with Crippen molar-refractivity contribution in [3.05, 3.63) is 29.8 Å². The number of hydrogen-bond donors (Lipinski definition) is 2. The summed E-state index contributed by atoms with van der Waals surface area (Å²) in [7, 11) is 0. The van der Waals surface area contributed by atoms with Crippen molar-refractivity contribution >= 4 is 17.6 Å². The number of anilines is 1. The number of benzene rings is 1. The van der Waals surface area contributed by atoms with E-state index in [1.165, 1.54) is 11.8 Å². The van der Waals surface area contributed by atoms with E-state index in [1.807, 2.05) is 6.92 Å². The highest BCUT2D eigenvalue weighted by Crippen LogP contribution is 2.16. The number of halogens is 2. The Morgan fingerprint density at radius 2 is 2.05 bits per heavy atom. The van der Waals surface area contributed by atoms with Crippen LogP contribution in [0.3, 0.4) is 0 Å². The second-order valence-corrected chi connectivity index (χ2v) is 4.65. The quantitative estimate of drug-likeness (QED) is 0.809. The Morgan fingerprint density at radius 3 is 2.57 bits per heavy atom. The van der Waals surface area contributed by atoms with Gasteiger partial charge in [0.05, 0.1) is 18.3 Å². The minimum Gasteiger partial charge on any atom is -0.480 e. The molecule has 0 spiro atoms. The van der Waals surface area contributed by atoms with Gasteiger partial charge in [-0.25, -0.2) is 8.78 Å². The fourth-order valence-corrected chi connectivity index (χ4v) is 1.86. The fraction of sp³-hybridized carbons (Fsp3) is 0.429. The number of aliphatic carboxylic acids is 1. The van der Waals surface area contributed by atoms with Gasteiger partial charge in [-0.3, -0.25) is 14.5 Å². The Labute approximate surface area is 121 Å². The van der Waals surface area contributed by atoms with Crippen molar-refractivity contribution in [3.63, 3.8) is 0 Å². The molecule has 0 saturated carbocycles. The highest BCUT2D eigenvalue weighted by molar-refractivity contribution is 5.94. The maximum Gasteiger partial charge on any atom is 0.317 e.